The Balaban J connectivity index is 1.49. The number of nitrogens with zero attached hydrogens (tertiary/aromatic N) is 2. The second-order valence-corrected chi connectivity index (χ2v) is 7.28. The summed E-state index contributed by atoms with van der Waals surface area (Å²) in [5.41, 5.74) is 2.80. The Morgan fingerprint density at radius 3 is 2.25 bits per heavy atom. The average molecular weight is 401 g/mol. The number of aryl methyl sites for hydroxylation is 1. The summed E-state index contributed by atoms with van der Waals surface area (Å²) >= 11 is 6.13. The fraction of sp³-hybridized carbons (Fsp3) is 0.333. The number of amides is 4. The monoisotopic (exact) mass is 400 g/mol. The molecule has 2 aromatic carbocycles. The van der Waals surface area contributed by atoms with Crippen molar-refractivity contribution in [3.8, 4) is 0 Å². The van der Waals surface area contributed by atoms with Crippen molar-refractivity contribution in [2.75, 3.05) is 31.5 Å². The van der Waals surface area contributed by atoms with Gasteiger partial charge in [0.15, 0.2) is 0 Å². The molecule has 2 aromatic rings. The Morgan fingerprint density at radius 2 is 1.57 bits per heavy atom. The normalized spacial score (nSPS) is 14.4. The highest BCUT2D eigenvalue weighted by Gasteiger charge is 2.22. The molecule has 4 amide bonds. The van der Waals surface area contributed by atoms with Gasteiger partial charge in [0.1, 0.15) is 0 Å². The minimum Gasteiger partial charge on any atom is -0.334 e. The van der Waals surface area contributed by atoms with Gasteiger partial charge in [-0.2, -0.15) is 0 Å². The van der Waals surface area contributed by atoms with Crippen molar-refractivity contribution in [1.82, 2.24) is 15.1 Å². The standard InChI is InChI=1S/C21H25ClN4O2/c1-16-7-9-18(10-8-16)24-21(28)26-12-4-11-25(13-14-26)20(27)23-15-17-5-2-3-6-19(17)22/h2-3,5-10H,4,11-15H2,1H3,(H,23,27)(H,24,28). The Kier molecular flexibility index (Phi) is 6.76. The highest BCUT2D eigenvalue weighted by atomic mass is 35.5. The maximum Gasteiger partial charge on any atom is 0.321 e. The van der Waals surface area contributed by atoms with Gasteiger partial charge in [0.2, 0.25) is 0 Å². The van der Waals surface area contributed by atoms with Gasteiger partial charge < -0.3 is 20.4 Å². The second kappa shape index (κ2) is 9.46. The lowest BCUT2D eigenvalue weighted by atomic mass is 10.2. The number of hydrogen-bond acceptors (Lipinski definition) is 2. The van der Waals surface area contributed by atoms with E-state index < -0.39 is 0 Å². The third kappa shape index (κ3) is 5.39. The first-order valence-electron chi connectivity index (χ1n) is 9.42. The highest BCUT2D eigenvalue weighted by molar-refractivity contribution is 6.31. The van der Waals surface area contributed by atoms with Crippen LogP contribution in [0.1, 0.15) is 17.5 Å². The molecular weight excluding hydrogens is 376 g/mol. The number of rotatable bonds is 3. The van der Waals surface area contributed by atoms with Crippen LogP contribution >= 0.6 is 11.6 Å². The molecule has 0 unspecified atom stereocenters. The van der Waals surface area contributed by atoms with Crippen molar-refractivity contribution in [2.24, 2.45) is 0 Å². The molecule has 0 aromatic heterocycles. The predicted octanol–water partition coefficient (Wildman–Crippen LogP) is 4.10. The smallest absolute Gasteiger partial charge is 0.321 e. The van der Waals surface area contributed by atoms with Gasteiger partial charge in [0.05, 0.1) is 0 Å². The lowest BCUT2D eigenvalue weighted by molar-refractivity contribution is 0.195. The summed E-state index contributed by atoms with van der Waals surface area (Å²) < 4.78 is 0. The first-order chi connectivity index (χ1) is 13.5. The molecule has 0 bridgehead atoms. The Hall–Kier alpha value is -2.73. The molecule has 0 saturated carbocycles. The van der Waals surface area contributed by atoms with E-state index in [-0.39, 0.29) is 12.1 Å². The number of halogens is 1. The summed E-state index contributed by atoms with van der Waals surface area (Å²) in [4.78, 5) is 28.5. The van der Waals surface area contributed by atoms with Crippen molar-refractivity contribution in [1.29, 1.82) is 0 Å². The molecule has 1 saturated heterocycles. The van der Waals surface area contributed by atoms with Crippen LogP contribution in [0, 0.1) is 6.92 Å². The first kappa shape index (κ1) is 20.0. The summed E-state index contributed by atoms with van der Waals surface area (Å²) in [6, 6.07) is 14.9. The van der Waals surface area contributed by atoms with Crippen molar-refractivity contribution < 1.29 is 9.59 Å². The third-order valence-corrected chi connectivity index (χ3v) is 5.13. The average Bonchev–Trinajstić information content (AvgIpc) is 2.95. The molecule has 0 aliphatic carbocycles. The fourth-order valence-corrected chi connectivity index (χ4v) is 3.29. The molecular formula is C21H25ClN4O2. The van der Waals surface area contributed by atoms with Crippen LogP contribution in [0.25, 0.3) is 0 Å². The Morgan fingerprint density at radius 1 is 0.929 bits per heavy atom. The lowest BCUT2D eigenvalue weighted by Crippen LogP contribution is -2.43. The summed E-state index contributed by atoms with van der Waals surface area (Å²) in [5.74, 6) is 0. The maximum absolute atomic E-state index is 12.5. The van der Waals surface area contributed by atoms with Crippen molar-refractivity contribution >= 4 is 29.4 Å². The highest BCUT2D eigenvalue weighted by Crippen LogP contribution is 2.15. The number of hydrogen-bond donors (Lipinski definition) is 2. The van der Waals surface area contributed by atoms with Gasteiger partial charge in [-0.3, -0.25) is 0 Å². The van der Waals surface area contributed by atoms with Gasteiger partial charge in [0.25, 0.3) is 0 Å². The quantitative estimate of drug-likeness (QED) is 0.814. The molecule has 1 aliphatic rings. The van der Waals surface area contributed by atoms with E-state index in [9.17, 15) is 9.59 Å². The molecule has 7 heteroatoms. The molecule has 0 spiro atoms. The van der Waals surface area contributed by atoms with Crippen molar-refractivity contribution in [3.63, 3.8) is 0 Å². The van der Waals surface area contributed by atoms with Gasteiger partial charge in [-0.15, -0.1) is 0 Å². The summed E-state index contributed by atoms with van der Waals surface area (Å²) in [7, 11) is 0. The number of carbonyl (C=O) groups excluding carboxylic acids is 2. The number of urea groups is 2. The fourth-order valence-electron chi connectivity index (χ4n) is 3.09. The van der Waals surface area contributed by atoms with Crippen LogP contribution in [-0.4, -0.2) is 48.0 Å². The van der Waals surface area contributed by atoms with E-state index in [2.05, 4.69) is 10.6 Å². The Labute approximate surface area is 170 Å². The van der Waals surface area contributed by atoms with Crippen LogP contribution < -0.4 is 10.6 Å². The van der Waals surface area contributed by atoms with Crippen LogP contribution in [0.4, 0.5) is 15.3 Å². The number of benzene rings is 2. The van der Waals surface area contributed by atoms with Gasteiger partial charge in [-0.1, -0.05) is 47.5 Å². The van der Waals surface area contributed by atoms with Crippen molar-refractivity contribution in [2.45, 2.75) is 19.9 Å². The zero-order chi connectivity index (χ0) is 19.9. The van der Waals surface area contributed by atoms with Gasteiger partial charge in [-0.05, 0) is 37.1 Å². The van der Waals surface area contributed by atoms with E-state index in [1.165, 1.54) is 0 Å². The number of nitrogens with one attached hydrogen (secondary N) is 2. The molecule has 2 N–H and O–H groups in total. The molecule has 148 valence electrons. The SMILES string of the molecule is Cc1ccc(NC(=O)N2CCCN(C(=O)NCc3ccccc3Cl)CC2)cc1. The van der Waals surface area contributed by atoms with E-state index in [1.54, 1.807) is 15.9 Å². The minimum atomic E-state index is -0.138. The van der Waals surface area contributed by atoms with Crippen molar-refractivity contribution in [3.05, 3.63) is 64.7 Å². The maximum atomic E-state index is 12.5. The number of anilines is 1. The summed E-state index contributed by atoms with van der Waals surface area (Å²) in [6.07, 6.45) is 0.737. The molecule has 0 radical (unpaired) electrons. The molecule has 6 nitrogen and oxygen atoms in total. The van der Waals surface area contributed by atoms with E-state index >= 15 is 0 Å². The lowest BCUT2D eigenvalue weighted by Gasteiger charge is -2.23. The second-order valence-electron chi connectivity index (χ2n) is 6.87. The molecule has 0 atom stereocenters. The zero-order valence-electron chi connectivity index (χ0n) is 16.0. The topological polar surface area (TPSA) is 64.7 Å². The van der Waals surface area contributed by atoms with Crippen LogP contribution in [0.5, 0.6) is 0 Å². The van der Waals surface area contributed by atoms with E-state index in [4.69, 9.17) is 11.6 Å². The van der Waals surface area contributed by atoms with Crippen LogP contribution in [0.15, 0.2) is 48.5 Å². The molecule has 1 fully saturated rings. The molecule has 28 heavy (non-hydrogen) atoms. The third-order valence-electron chi connectivity index (χ3n) is 4.76. The predicted molar refractivity (Wildman–Crippen MR) is 112 cm³/mol. The van der Waals surface area contributed by atoms with Gasteiger partial charge in [0, 0.05) is 43.4 Å². The van der Waals surface area contributed by atoms with Gasteiger partial charge >= 0.3 is 12.1 Å². The van der Waals surface area contributed by atoms with E-state index in [0.29, 0.717) is 37.7 Å². The van der Waals surface area contributed by atoms with Crippen LogP contribution in [0.2, 0.25) is 5.02 Å². The molecule has 1 heterocycles. The first-order valence-corrected chi connectivity index (χ1v) is 9.79. The molecule has 1 aliphatic heterocycles. The van der Waals surface area contributed by atoms with Crippen LogP contribution in [-0.2, 0) is 6.54 Å². The van der Waals surface area contributed by atoms with Crippen LogP contribution in [0.3, 0.4) is 0 Å². The molecule has 3 rings (SSSR count). The summed E-state index contributed by atoms with van der Waals surface area (Å²) in [6.45, 7) is 4.61. The number of carbonyl (C=O) groups is 2. The van der Waals surface area contributed by atoms with Gasteiger partial charge in [-0.25, -0.2) is 9.59 Å². The zero-order valence-corrected chi connectivity index (χ0v) is 16.7. The Bertz CT molecular complexity index is 825. The minimum absolute atomic E-state index is 0.137. The largest absolute Gasteiger partial charge is 0.334 e. The summed E-state index contributed by atoms with van der Waals surface area (Å²) in [5, 5.41) is 6.46. The van der Waals surface area contributed by atoms with E-state index in [0.717, 1.165) is 23.2 Å². The van der Waals surface area contributed by atoms with E-state index in [1.807, 2.05) is 49.4 Å².